The van der Waals surface area contributed by atoms with Crippen molar-refractivity contribution in [3.63, 3.8) is 0 Å². The first-order chi connectivity index (χ1) is 16.7. The number of methoxy groups -OCH3 is 1. The smallest absolute Gasteiger partial charge is 0.341 e. The number of aromatic nitrogens is 2. The lowest BCUT2D eigenvalue weighted by Gasteiger charge is -2.17. The number of rotatable bonds is 8. The monoisotopic (exact) mass is 597 g/mol. The van der Waals surface area contributed by atoms with Gasteiger partial charge < -0.3 is 20.3 Å². The largest absolute Gasteiger partial charge is 0.465 e. The normalized spacial score (nSPS) is 10.7. The van der Waals surface area contributed by atoms with E-state index in [0.29, 0.717) is 50.4 Å². The summed E-state index contributed by atoms with van der Waals surface area (Å²) in [6.45, 7) is 7.23. The molecule has 0 atom stereocenters. The van der Waals surface area contributed by atoms with Crippen LogP contribution in [-0.2, 0) is 11.3 Å². The molecule has 35 heavy (non-hydrogen) atoms. The average molecular weight is 599 g/mol. The van der Waals surface area contributed by atoms with Crippen LogP contribution in [0.25, 0.3) is 0 Å². The Labute approximate surface area is 226 Å². The van der Waals surface area contributed by atoms with Gasteiger partial charge in [0, 0.05) is 24.3 Å². The van der Waals surface area contributed by atoms with Crippen LogP contribution in [-0.4, -0.2) is 51.9 Å². The lowest BCUT2D eigenvalue weighted by Crippen LogP contribution is -2.30. The van der Waals surface area contributed by atoms with Gasteiger partial charge in [-0.25, -0.2) is 4.79 Å². The summed E-state index contributed by atoms with van der Waals surface area (Å²) in [4.78, 5) is 27.7. The molecule has 12 heteroatoms. The lowest BCUT2D eigenvalue weighted by molar-refractivity contribution is 0.0601. The second kappa shape index (κ2) is 12.0. The highest BCUT2D eigenvalue weighted by molar-refractivity contribution is 9.10. The Morgan fingerprint density at radius 1 is 1.23 bits per heavy atom. The van der Waals surface area contributed by atoms with Crippen molar-refractivity contribution < 1.29 is 14.3 Å². The number of nitrogens with one attached hydrogen (secondary N) is 2. The molecule has 0 radical (unpaired) electrons. The predicted octanol–water partition coefficient (Wildman–Crippen LogP) is 5.79. The molecular weight excluding hydrogens is 574 g/mol. The maximum atomic E-state index is 13.0. The van der Waals surface area contributed by atoms with Crippen molar-refractivity contribution in [2.24, 2.45) is 0 Å². The number of carbonyl (C=O) groups is 2. The van der Waals surface area contributed by atoms with E-state index in [9.17, 15) is 9.59 Å². The molecule has 186 valence electrons. The van der Waals surface area contributed by atoms with E-state index in [1.165, 1.54) is 18.4 Å². The molecule has 2 heterocycles. The molecule has 0 aliphatic carbocycles. The minimum Gasteiger partial charge on any atom is -0.465 e. The van der Waals surface area contributed by atoms with Crippen molar-refractivity contribution in [2.75, 3.05) is 30.8 Å². The van der Waals surface area contributed by atoms with Crippen molar-refractivity contribution in [3.8, 4) is 0 Å². The van der Waals surface area contributed by atoms with Gasteiger partial charge in [-0.3, -0.25) is 9.48 Å². The fourth-order valence-electron chi connectivity index (χ4n) is 3.39. The quantitative estimate of drug-likeness (QED) is 0.250. The topological polar surface area (TPSA) is 88.5 Å². The Bertz CT molecular complexity index is 1240. The molecule has 0 spiro atoms. The van der Waals surface area contributed by atoms with Gasteiger partial charge in [-0.1, -0.05) is 23.7 Å². The molecule has 2 N–H and O–H groups in total. The maximum Gasteiger partial charge on any atom is 0.341 e. The summed E-state index contributed by atoms with van der Waals surface area (Å²) in [6.07, 6.45) is 1.83. The van der Waals surface area contributed by atoms with Gasteiger partial charge in [0.15, 0.2) is 10.9 Å². The first-order valence-electron chi connectivity index (χ1n) is 10.7. The van der Waals surface area contributed by atoms with Gasteiger partial charge >= 0.3 is 5.97 Å². The molecule has 1 aromatic carbocycles. The van der Waals surface area contributed by atoms with Crippen LogP contribution in [0.5, 0.6) is 0 Å². The summed E-state index contributed by atoms with van der Waals surface area (Å²) in [5, 5.41) is 11.9. The third-order valence-electron chi connectivity index (χ3n) is 5.22. The predicted molar refractivity (Wildman–Crippen MR) is 148 cm³/mol. The number of carbonyl (C=O) groups excluding carboxylic acids is 2. The number of benzene rings is 1. The molecule has 0 fully saturated rings. The van der Waals surface area contributed by atoms with Crippen molar-refractivity contribution in [2.45, 2.75) is 27.3 Å². The minimum absolute atomic E-state index is 0.140. The van der Waals surface area contributed by atoms with Crippen LogP contribution in [0.4, 0.5) is 10.8 Å². The number of ether oxygens (including phenoxy) is 1. The molecule has 0 aliphatic heterocycles. The van der Waals surface area contributed by atoms with E-state index in [1.807, 2.05) is 44.3 Å². The average Bonchev–Trinajstić information content (AvgIpc) is 3.33. The Balaban J connectivity index is 1.80. The summed E-state index contributed by atoms with van der Waals surface area (Å²) >= 11 is 16.1. The van der Waals surface area contributed by atoms with E-state index >= 15 is 0 Å². The number of thiocarbonyl (C=S) groups is 1. The Hall–Kier alpha value is -2.47. The zero-order valence-electron chi connectivity index (χ0n) is 19.6. The highest BCUT2D eigenvalue weighted by Gasteiger charge is 2.27. The van der Waals surface area contributed by atoms with Gasteiger partial charge in [0.05, 0.1) is 28.6 Å². The van der Waals surface area contributed by atoms with E-state index in [2.05, 4.69) is 31.7 Å². The number of hydrogen-bond donors (Lipinski definition) is 2. The van der Waals surface area contributed by atoms with Crippen molar-refractivity contribution in [1.82, 2.24) is 14.7 Å². The highest BCUT2D eigenvalue weighted by Crippen LogP contribution is 2.35. The fraction of sp³-hybridized carbons (Fsp3) is 0.304. The van der Waals surface area contributed by atoms with E-state index < -0.39 is 5.97 Å². The zero-order valence-corrected chi connectivity index (χ0v) is 23.6. The molecule has 0 bridgehead atoms. The number of esters is 1. The first-order valence-corrected chi connectivity index (χ1v) is 13.1. The van der Waals surface area contributed by atoms with E-state index in [0.717, 1.165) is 5.56 Å². The fourth-order valence-corrected chi connectivity index (χ4v) is 5.36. The molecule has 1 amide bonds. The van der Waals surface area contributed by atoms with Crippen LogP contribution < -0.4 is 10.6 Å². The lowest BCUT2D eigenvalue weighted by atomic mass is 10.1. The van der Waals surface area contributed by atoms with Crippen LogP contribution >= 0.6 is 51.1 Å². The molecule has 3 rings (SSSR count). The van der Waals surface area contributed by atoms with Gasteiger partial charge in [-0.05, 0) is 72.2 Å². The Morgan fingerprint density at radius 3 is 2.49 bits per heavy atom. The SMILES string of the molecule is CCN(CC)C(=O)c1sc(NC(=S)Nc2nn(Cc3ccc(Cl)cc3)cc2Br)c(C(=O)OC)c1C. The van der Waals surface area contributed by atoms with Crippen molar-refractivity contribution in [3.05, 3.63) is 61.5 Å². The first kappa shape index (κ1) is 27.1. The van der Waals surface area contributed by atoms with E-state index in [1.54, 1.807) is 16.5 Å². The van der Waals surface area contributed by atoms with Crippen LogP contribution in [0.15, 0.2) is 34.9 Å². The van der Waals surface area contributed by atoms with Crippen LogP contribution in [0.2, 0.25) is 5.02 Å². The molecule has 0 aliphatic rings. The van der Waals surface area contributed by atoms with Gasteiger partial charge in [0.2, 0.25) is 0 Å². The summed E-state index contributed by atoms with van der Waals surface area (Å²) in [5.41, 5.74) is 1.88. The van der Waals surface area contributed by atoms with Gasteiger partial charge in [-0.15, -0.1) is 11.3 Å². The zero-order chi connectivity index (χ0) is 25.7. The van der Waals surface area contributed by atoms with Gasteiger partial charge in [0.25, 0.3) is 5.91 Å². The highest BCUT2D eigenvalue weighted by atomic mass is 79.9. The molecule has 0 saturated carbocycles. The minimum atomic E-state index is -0.545. The van der Waals surface area contributed by atoms with Crippen molar-refractivity contribution in [1.29, 1.82) is 0 Å². The summed E-state index contributed by atoms with van der Waals surface area (Å²) in [7, 11) is 1.30. The standard InChI is InChI=1S/C23H25BrClN5O3S2/c1-5-29(6-2)21(31)18-13(3)17(22(32)33-4)20(35-18)27-23(34)26-19-16(24)12-30(28-19)11-14-7-9-15(25)10-8-14/h7-10,12H,5-6,11H2,1-4H3,(H2,26,27,28,34). The summed E-state index contributed by atoms with van der Waals surface area (Å²) in [6, 6.07) is 7.52. The third-order valence-corrected chi connectivity index (χ3v) is 7.45. The molecule has 0 saturated heterocycles. The molecular formula is C23H25BrClN5O3S2. The number of hydrogen-bond acceptors (Lipinski definition) is 6. The number of amides is 1. The number of halogens is 2. The Morgan fingerprint density at radius 2 is 1.89 bits per heavy atom. The van der Waals surface area contributed by atoms with Gasteiger partial charge in [0.1, 0.15) is 5.00 Å². The van der Waals surface area contributed by atoms with Crippen LogP contribution in [0.1, 0.15) is 45.0 Å². The van der Waals surface area contributed by atoms with Crippen LogP contribution in [0, 0.1) is 6.92 Å². The summed E-state index contributed by atoms with van der Waals surface area (Å²) < 4.78 is 7.43. The van der Waals surface area contributed by atoms with E-state index in [-0.39, 0.29) is 16.6 Å². The van der Waals surface area contributed by atoms with E-state index in [4.69, 9.17) is 28.6 Å². The molecule has 2 aromatic heterocycles. The number of anilines is 2. The second-order valence-corrected chi connectivity index (χ2v) is 10.2. The van der Waals surface area contributed by atoms with Gasteiger partial charge in [-0.2, -0.15) is 5.10 Å². The van der Waals surface area contributed by atoms with Crippen molar-refractivity contribution >= 4 is 78.9 Å². The molecule has 8 nitrogen and oxygen atoms in total. The third kappa shape index (κ3) is 6.40. The molecule has 3 aromatic rings. The van der Waals surface area contributed by atoms with Crippen LogP contribution in [0.3, 0.4) is 0 Å². The number of thiophene rings is 1. The second-order valence-electron chi connectivity index (χ2n) is 7.46. The summed E-state index contributed by atoms with van der Waals surface area (Å²) in [5.74, 6) is -0.182. The number of nitrogens with zero attached hydrogens (tertiary/aromatic N) is 3. The maximum absolute atomic E-state index is 13.0. The molecule has 0 unspecified atom stereocenters. The Kier molecular flexibility index (Phi) is 9.28.